The van der Waals surface area contributed by atoms with Gasteiger partial charge in [0, 0.05) is 17.3 Å². The second-order valence-corrected chi connectivity index (χ2v) is 9.95. The third-order valence-electron chi connectivity index (χ3n) is 6.93. The van der Waals surface area contributed by atoms with Crippen LogP contribution in [-0.2, 0) is 6.18 Å². The van der Waals surface area contributed by atoms with Crippen LogP contribution in [0.3, 0.4) is 0 Å². The van der Waals surface area contributed by atoms with E-state index in [1.807, 2.05) is 54.2 Å². The Hall–Kier alpha value is -4.53. The van der Waals surface area contributed by atoms with Crippen molar-refractivity contribution in [1.29, 1.82) is 0 Å². The molecule has 1 aliphatic rings. The molecule has 1 atom stereocenters. The SMILES string of the molecule is C=Nc1cc(-c2cc(C(C)NC(=O)c3cccc(C(F)(F)F)c3)ccc2C)ccc1/C=N\c1cnn(C2CC2)c1. The molecule has 3 aromatic carbocycles. The minimum atomic E-state index is -4.52. The van der Waals surface area contributed by atoms with Gasteiger partial charge in [-0.3, -0.25) is 19.5 Å². The number of nitrogens with zero attached hydrogens (tertiary/aromatic N) is 4. The molecule has 1 fully saturated rings. The Morgan fingerprint density at radius 2 is 1.95 bits per heavy atom. The third-order valence-corrected chi connectivity index (χ3v) is 6.93. The largest absolute Gasteiger partial charge is 0.416 e. The van der Waals surface area contributed by atoms with Gasteiger partial charge < -0.3 is 5.32 Å². The predicted molar refractivity (Wildman–Crippen MR) is 151 cm³/mol. The van der Waals surface area contributed by atoms with Gasteiger partial charge in [0.1, 0.15) is 5.69 Å². The smallest absolute Gasteiger partial charge is 0.346 e. The number of amides is 1. The highest BCUT2D eigenvalue weighted by molar-refractivity contribution is 5.94. The van der Waals surface area contributed by atoms with E-state index < -0.39 is 23.7 Å². The summed E-state index contributed by atoms with van der Waals surface area (Å²) in [6, 6.07) is 16.1. The van der Waals surface area contributed by atoms with Crippen molar-refractivity contribution in [2.24, 2.45) is 9.98 Å². The first kappa shape index (κ1) is 27.1. The zero-order valence-corrected chi connectivity index (χ0v) is 22.1. The highest BCUT2D eigenvalue weighted by Crippen LogP contribution is 2.35. The van der Waals surface area contributed by atoms with Gasteiger partial charge in [-0.15, -0.1) is 0 Å². The number of aliphatic imine (C=N–C) groups is 2. The van der Waals surface area contributed by atoms with Crippen LogP contribution in [0.25, 0.3) is 11.1 Å². The molecule has 1 saturated carbocycles. The molecule has 0 radical (unpaired) electrons. The number of aromatic nitrogens is 2. The summed E-state index contributed by atoms with van der Waals surface area (Å²) in [4.78, 5) is 21.5. The first-order chi connectivity index (χ1) is 19.1. The molecule has 1 unspecified atom stereocenters. The van der Waals surface area contributed by atoms with Crippen molar-refractivity contribution in [2.45, 2.75) is 44.9 Å². The quantitative estimate of drug-likeness (QED) is 0.231. The number of halogens is 3. The molecule has 1 heterocycles. The molecular formula is C31H28F3N5O. The highest BCUT2D eigenvalue weighted by atomic mass is 19.4. The lowest BCUT2D eigenvalue weighted by atomic mass is 9.94. The predicted octanol–water partition coefficient (Wildman–Crippen LogP) is 7.79. The van der Waals surface area contributed by atoms with Crippen molar-refractivity contribution >= 4 is 30.2 Å². The second kappa shape index (κ2) is 10.9. The number of hydrogen-bond donors (Lipinski definition) is 1. The van der Waals surface area contributed by atoms with E-state index in [0.717, 1.165) is 58.5 Å². The minimum absolute atomic E-state index is 0.0483. The molecule has 4 aromatic rings. The first-order valence-corrected chi connectivity index (χ1v) is 12.9. The van der Waals surface area contributed by atoms with E-state index in [0.29, 0.717) is 11.7 Å². The maximum absolute atomic E-state index is 13.1. The Balaban J connectivity index is 1.35. The van der Waals surface area contributed by atoms with Crippen molar-refractivity contribution in [3.8, 4) is 11.1 Å². The Morgan fingerprint density at radius 1 is 1.15 bits per heavy atom. The number of carbonyl (C=O) groups is 1. The van der Waals surface area contributed by atoms with Gasteiger partial charge in [-0.1, -0.05) is 30.3 Å². The molecule has 40 heavy (non-hydrogen) atoms. The molecule has 1 amide bonds. The molecule has 0 aliphatic heterocycles. The van der Waals surface area contributed by atoms with Crippen LogP contribution in [0.4, 0.5) is 24.5 Å². The van der Waals surface area contributed by atoms with Gasteiger partial charge >= 0.3 is 6.18 Å². The van der Waals surface area contributed by atoms with Gasteiger partial charge in [-0.05, 0) is 86.0 Å². The average Bonchev–Trinajstić information content (AvgIpc) is 3.69. The van der Waals surface area contributed by atoms with Crippen LogP contribution in [-0.4, -0.2) is 28.6 Å². The van der Waals surface area contributed by atoms with E-state index in [2.05, 4.69) is 27.1 Å². The summed E-state index contributed by atoms with van der Waals surface area (Å²) in [7, 11) is 0. The lowest BCUT2D eigenvalue weighted by Gasteiger charge is -2.18. The second-order valence-electron chi connectivity index (χ2n) is 9.95. The zero-order chi connectivity index (χ0) is 28.4. The van der Waals surface area contributed by atoms with Gasteiger partial charge in [-0.25, -0.2) is 0 Å². The number of hydrogen-bond acceptors (Lipinski definition) is 4. The summed E-state index contributed by atoms with van der Waals surface area (Å²) in [6.45, 7) is 7.50. The van der Waals surface area contributed by atoms with E-state index in [1.165, 1.54) is 12.1 Å². The van der Waals surface area contributed by atoms with E-state index in [-0.39, 0.29) is 5.56 Å². The van der Waals surface area contributed by atoms with E-state index in [9.17, 15) is 18.0 Å². The average molecular weight is 544 g/mol. The summed E-state index contributed by atoms with van der Waals surface area (Å²) >= 11 is 0. The van der Waals surface area contributed by atoms with Gasteiger partial charge in [0.05, 0.1) is 35.7 Å². The number of carbonyl (C=O) groups excluding carboxylic acids is 1. The van der Waals surface area contributed by atoms with Crippen molar-refractivity contribution in [2.75, 3.05) is 0 Å². The lowest BCUT2D eigenvalue weighted by molar-refractivity contribution is -0.137. The molecule has 0 bridgehead atoms. The number of nitrogens with one attached hydrogen (secondary N) is 1. The van der Waals surface area contributed by atoms with E-state index >= 15 is 0 Å². The Bertz CT molecular complexity index is 1600. The zero-order valence-electron chi connectivity index (χ0n) is 22.1. The van der Waals surface area contributed by atoms with Crippen LogP contribution < -0.4 is 5.32 Å². The number of alkyl halides is 3. The minimum Gasteiger partial charge on any atom is -0.346 e. The van der Waals surface area contributed by atoms with Crippen LogP contribution in [0.1, 0.15) is 64.5 Å². The monoisotopic (exact) mass is 543 g/mol. The Morgan fingerprint density at radius 3 is 2.67 bits per heavy atom. The van der Waals surface area contributed by atoms with E-state index in [1.54, 1.807) is 19.3 Å². The van der Waals surface area contributed by atoms with Gasteiger partial charge in [-0.2, -0.15) is 18.3 Å². The van der Waals surface area contributed by atoms with Gasteiger partial charge in [0.2, 0.25) is 0 Å². The fraction of sp³-hybridized carbons (Fsp3) is 0.226. The van der Waals surface area contributed by atoms with Crippen molar-refractivity contribution < 1.29 is 18.0 Å². The number of aryl methyl sites for hydroxylation is 1. The summed E-state index contributed by atoms with van der Waals surface area (Å²) in [5.74, 6) is -0.579. The summed E-state index contributed by atoms with van der Waals surface area (Å²) < 4.78 is 41.2. The maximum Gasteiger partial charge on any atom is 0.416 e. The third kappa shape index (κ3) is 6.03. The van der Waals surface area contributed by atoms with Crippen LogP contribution in [0, 0.1) is 6.92 Å². The van der Waals surface area contributed by atoms with Crippen LogP contribution in [0.15, 0.2) is 83.0 Å². The molecule has 1 aliphatic carbocycles. The van der Waals surface area contributed by atoms with Crippen LogP contribution in [0.2, 0.25) is 0 Å². The maximum atomic E-state index is 13.1. The molecule has 0 spiro atoms. The summed E-state index contributed by atoms with van der Waals surface area (Å²) in [6.07, 6.45) is 3.21. The molecule has 1 aromatic heterocycles. The standard InChI is InChI=1S/C31H28F3N5O/c1-19-7-8-21(20(2)38-30(40)23-5-4-6-25(13-23)31(32,33)34)14-28(19)22-9-10-24(29(15-22)35-3)16-36-26-17-37-39(18-26)27-11-12-27/h4-10,13-18,20,27H,3,11-12H2,1-2H3,(H,38,40)/b36-16-. The number of benzene rings is 3. The summed E-state index contributed by atoms with van der Waals surface area (Å²) in [5.41, 5.74) is 5.03. The van der Waals surface area contributed by atoms with Crippen molar-refractivity contribution in [3.05, 3.63) is 101 Å². The fourth-order valence-corrected chi connectivity index (χ4v) is 4.45. The van der Waals surface area contributed by atoms with Crippen LogP contribution in [0.5, 0.6) is 0 Å². The fourth-order valence-electron chi connectivity index (χ4n) is 4.45. The van der Waals surface area contributed by atoms with Crippen molar-refractivity contribution in [3.63, 3.8) is 0 Å². The molecule has 1 N–H and O–H groups in total. The molecular weight excluding hydrogens is 515 g/mol. The molecule has 204 valence electrons. The molecule has 9 heteroatoms. The molecule has 6 nitrogen and oxygen atoms in total. The number of rotatable bonds is 8. The van der Waals surface area contributed by atoms with Gasteiger partial charge in [0.15, 0.2) is 0 Å². The molecule has 0 saturated heterocycles. The summed E-state index contributed by atoms with van der Waals surface area (Å²) in [5, 5.41) is 7.17. The van der Waals surface area contributed by atoms with Crippen molar-refractivity contribution in [1.82, 2.24) is 15.1 Å². The Labute approximate surface area is 230 Å². The first-order valence-electron chi connectivity index (χ1n) is 12.9. The van der Waals surface area contributed by atoms with Crippen LogP contribution >= 0.6 is 0 Å². The van der Waals surface area contributed by atoms with E-state index in [4.69, 9.17) is 0 Å². The molecule has 5 rings (SSSR count). The lowest BCUT2D eigenvalue weighted by Crippen LogP contribution is -2.27. The Kier molecular flexibility index (Phi) is 7.38. The highest BCUT2D eigenvalue weighted by Gasteiger charge is 2.31. The normalized spacial score (nSPS) is 14.3. The topological polar surface area (TPSA) is 71.6 Å². The van der Waals surface area contributed by atoms with Gasteiger partial charge in [0.25, 0.3) is 5.91 Å².